The van der Waals surface area contributed by atoms with Crippen LogP contribution in [0.4, 0.5) is 4.39 Å². The molecule has 0 aliphatic carbocycles. The van der Waals surface area contributed by atoms with Gasteiger partial charge in [0.15, 0.2) is 40.4 Å². The number of Topliss-reactive ketones (excluding diaryl/α,β-unsaturated/α-hetero) is 3. The first-order valence-electron chi connectivity index (χ1n) is 14.9. The number of hydrogen-bond acceptors (Lipinski definition) is 10. The average molecular weight is 673 g/mol. The number of halogens is 1. The van der Waals surface area contributed by atoms with Gasteiger partial charge >= 0.3 is 5.97 Å². The minimum Gasteiger partial charge on any atom is -0.493 e. The Morgan fingerprint density at radius 2 is 1.35 bits per heavy atom. The van der Waals surface area contributed by atoms with Crippen LogP contribution in [0.1, 0.15) is 72.2 Å². The molecule has 0 aliphatic heterocycles. The Morgan fingerprint density at radius 1 is 0.761 bits per heavy atom. The van der Waals surface area contributed by atoms with E-state index in [2.05, 4.69) is 0 Å². The van der Waals surface area contributed by atoms with Crippen molar-refractivity contribution in [1.29, 1.82) is 0 Å². The van der Waals surface area contributed by atoms with Crippen molar-refractivity contribution in [2.45, 2.75) is 52.9 Å². The number of rotatable bonds is 18. The van der Waals surface area contributed by atoms with E-state index in [0.717, 1.165) is 27.8 Å². The van der Waals surface area contributed by atoms with Crippen LogP contribution < -0.4 is 18.9 Å². The zero-order valence-corrected chi connectivity index (χ0v) is 28.0. The van der Waals surface area contributed by atoms with Crippen LogP contribution in [0.5, 0.6) is 23.0 Å². The molecule has 2 atom stereocenters. The van der Waals surface area contributed by atoms with Gasteiger partial charge in [-0.2, -0.15) is 0 Å². The highest BCUT2D eigenvalue weighted by molar-refractivity contribution is 7.21. The number of aliphatic carboxylic acids is 1. The number of carboxylic acids is 1. The normalized spacial score (nSPS) is 12.6. The summed E-state index contributed by atoms with van der Waals surface area (Å²) >= 11 is 2.45. The Bertz CT molecular complexity index is 1760. The molecule has 4 aromatic rings. The molecular formula is C34H37FO9S2. The third kappa shape index (κ3) is 8.21. The van der Waals surface area contributed by atoms with E-state index in [0.29, 0.717) is 45.4 Å². The fourth-order valence-corrected chi connectivity index (χ4v) is 6.76. The molecule has 246 valence electrons. The van der Waals surface area contributed by atoms with Crippen molar-refractivity contribution in [3.05, 3.63) is 45.9 Å². The summed E-state index contributed by atoms with van der Waals surface area (Å²) in [6.07, 6.45) is 2.06. The van der Waals surface area contributed by atoms with Gasteiger partial charge < -0.3 is 24.1 Å². The van der Waals surface area contributed by atoms with Gasteiger partial charge in [0, 0.05) is 45.7 Å². The monoisotopic (exact) mass is 672 g/mol. The predicted octanol–water partition coefficient (Wildman–Crippen LogP) is 7.99. The molecule has 0 bridgehead atoms. The SMILES string of the molecule is COc1cc2sc(C(=O)C[C@H](C)C(=O)O)cc2cc1OCCCCCOc1c(OC)cc2sc(C(=O)C[C@H](C)C(C)=O)cc2c1F. The summed E-state index contributed by atoms with van der Waals surface area (Å²) in [5, 5.41) is 10.2. The molecule has 2 aromatic carbocycles. The van der Waals surface area contributed by atoms with Crippen LogP contribution in [0.15, 0.2) is 30.3 Å². The first-order valence-corrected chi connectivity index (χ1v) is 16.5. The van der Waals surface area contributed by atoms with Crippen molar-refractivity contribution in [3.63, 3.8) is 0 Å². The molecule has 0 saturated heterocycles. The Kier molecular flexibility index (Phi) is 11.7. The average Bonchev–Trinajstić information content (AvgIpc) is 3.65. The van der Waals surface area contributed by atoms with E-state index in [1.807, 2.05) is 6.07 Å². The van der Waals surface area contributed by atoms with Crippen LogP contribution in [0.25, 0.3) is 20.2 Å². The van der Waals surface area contributed by atoms with Crippen LogP contribution in [0.3, 0.4) is 0 Å². The fraction of sp³-hybridized carbons (Fsp3) is 0.412. The lowest BCUT2D eigenvalue weighted by atomic mass is 10.00. The van der Waals surface area contributed by atoms with Crippen molar-refractivity contribution in [2.75, 3.05) is 27.4 Å². The highest BCUT2D eigenvalue weighted by atomic mass is 32.1. The second kappa shape index (κ2) is 15.5. The van der Waals surface area contributed by atoms with Crippen LogP contribution in [-0.4, -0.2) is 55.9 Å². The van der Waals surface area contributed by atoms with E-state index in [1.54, 1.807) is 25.1 Å². The van der Waals surface area contributed by atoms with Gasteiger partial charge in [-0.25, -0.2) is 4.39 Å². The summed E-state index contributed by atoms with van der Waals surface area (Å²) in [5.41, 5.74) is 0. The summed E-state index contributed by atoms with van der Waals surface area (Å²) in [5.74, 6) is -1.97. The van der Waals surface area contributed by atoms with Crippen LogP contribution in [0, 0.1) is 17.7 Å². The van der Waals surface area contributed by atoms with Crippen LogP contribution in [0.2, 0.25) is 0 Å². The maximum atomic E-state index is 15.5. The zero-order chi connectivity index (χ0) is 33.5. The van der Waals surface area contributed by atoms with Gasteiger partial charge in [0.1, 0.15) is 5.78 Å². The van der Waals surface area contributed by atoms with Gasteiger partial charge in [-0.05, 0) is 49.8 Å². The van der Waals surface area contributed by atoms with Crippen molar-refractivity contribution in [1.82, 2.24) is 0 Å². The van der Waals surface area contributed by atoms with E-state index >= 15 is 4.39 Å². The van der Waals surface area contributed by atoms with Crippen molar-refractivity contribution in [2.24, 2.45) is 11.8 Å². The summed E-state index contributed by atoms with van der Waals surface area (Å²) in [7, 11) is 2.97. The number of thiophene rings is 2. The quantitative estimate of drug-likeness (QED) is 0.0827. The summed E-state index contributed by atoms with van der Waals surface area (Å²) in [6.45, 7) is 5.29. The Labute approximate surface area is 274 Å². The number of ketones is 3. The van der Waals surface area contributed by atoms with Gasteiger partial charge in [-0.1, -0.05) is 13.8 Å². The lowest BCUT2D eigenvalue weighted by molar-refractivity contribution is -0.141. The van der Waals surface area contributed by atoms with Gasteiger partial charge in [-0.15, -0.1) is 22.7 Å². The van der Waals surface area contributed by atoms with Crippen molar-refractivity contribution in [3.8, 4) is 23.0 Å². The molecule has 0 radical (unpaired) electrons. The number of methoxy groups -OCH3 is 2. The van der Waals surface area contributed by atoms with E-state index in [1.165, 1.54) is 45.5 Å². The summed E-state index contributed by atoms with van der Waals surface area (Å²) in [4.78, 5) is 48.8. The number of carbonyl (C=O) groups is 4. The first kappa shape index (κ1) is 34.8. The Balaban J connectivity index is 1.31. The maximum Gasteiger partial charge on any atom is 0.306 e. The lowest BCUT2D eigenvalue weighted by Gasteiger charge is -2.13. The number of ether oxygens (including phenoxy) is 4. The molecule has 0 amide bonds. The van der Waals surface area contributed by atoms with Gasteiger partial charge in [0.2, 0.25) is 0 Å². The van der Waals surface area contributed by atoms with Crippen molar-refractivity contribution < 1.29 is 47.6 Å². The smallest absolute Gasteiger partial charge is 0.306 e. The topological polar surface area (TPSA) is 125 Å². The fourth-order valence-electron chi connectivity index (χ4n) is 4.71. The molecule has 9 nitrogen and oxygen atoms in total. The summed E-state index contributed by atoms with van der Waals surface area (Å²) < 4.78 is 39.5. The largest absolute Gasteiger partial charge is 0.493 e. The second-order valence-electron chi connectivity index (χ2n) is 11.2. The van der Waals surface area contributed by atoms with Crippen molar-refractivity contribution >= 4 is 66.2 Å². The molecule has 0 aliphatic rings. The lowest BCUT2D eigenvalue weighted by Crippen LogP contribution is -2.13. The Hall–Kier alpha value is -4.03. The Morgan fingerprint density at radius 3 is 1.98 bits per heavy atom. The minimum absolute atomic E-state index is 0.00998. The molecular weight excluding hydrogens is 635 g/mol. The number of fused-ring (bicyclic) bond motifs is 2. The second-order valence-corrected chi connectivity index (χ2v) is 13.3. The van der Waals surface area contributed by atoms with Crippen LogP contribution >= 0.6 is 22.7 Å². The van der Waals surface area contributed by atoms with E-state index < -0.39 is 23.6 Å². The maximum absolute atomic E-state index is 15.5. The van der Waals surface area contributed by atoms with Gasteiger partial charge in [-0.3, -0.25) is 19.2 Å². The third-order valence-corrected chi connectivity index (χ3v) is 9.91. The zero-order valence-electron chi connectivity index (χ0n) is 26.4. The minimum atomic E-state index is -1.01. The van der Waals surface area contributed by atoms with E-state index in [4.69, 9.17) is 24.1 Å². The molecule has 0 saturated carbocycles. The van der Waals surface area contributed by atoms with E-state index in [9.17, 15) is 19.2 Å². The number of benzene rings is 2. The van der Waals surface area contributed by atoms with E-state index in [-0.39, 0.29) is 53.7 Å². The molecule has 0 spiro atoms. The molecule has 1 N–H and O–H groups in total. The molecule has 4 rings (SSSR count). The highest BCUT2D eigenvalue weighted by Gasteiger charge is 2.23. The predicted molar refractivity (Wildman–Crippen MR) is 176 cm³/mol. The number of carbonyl (C=O) groups excluding carboxylic acids is 3. The molecule has 0 fully saturated rings. The summed E-state index contributed by atoms with van der Waals surface area (Å²) in [6, 6.07) is 8.52. The third-order valence-electron chi connectivity index (χ3n) is 7.65. The first-order chi connectivity index (χ1) is 21.9. The number of carboxylic acid groups (broad SMARTS) is 1. The standard InChI is InChI=1S/C34H37FO9S2/c1-18(20(3)36)11-23(37)31-15-22-29(46-31)17-27(42-5)33(32(22)35)44-10-8-6-7-9-43-26-13-21-14-30(24(38)12-19(2)34(39)40)45-28(21)16-25(26)41-4/h13-19H,6-12H2,1-5H3,(H,39,40)/t18-,19-/m0/s1. The highest BCUT2D eigenvalue weighted by Crippen LogP contribution is 2.41. The molecule has 0 unspecified atom stereocenters. The van der Waals surface area contributed by atoms with Gasteiger partial charge in [0.25, 0.3) is 0 Å². The number of hydrogen-bond donors (Lipinski definition) is 1. The molecule has 46 heavy (non-hydrogen) atoms. The number of unbranched alkanes of at least 4 members (excludes halogenated alkanes) is 2. The molecule has 2 aromatic heterocycles. The van der Waals surface area contributed by atoms with Gasteiger partial charge in [0.05, 0.1) is 43.1 Å². The molecule has 2 heterocycles. The molecule has 12 heteroatoms. The van der Waals surface area contributed by atoms with Crippen LogP contribution in [-0.2, 0) is 9.59 Å².